The zero-order chi connectivity index (χ0) is 18.4. The molecule has 5 nitrogen and oxygen atoms in total. The van der Waals surface area contributed by atoms with E-state index in [0.717, 1.165) is 6.42 Å². The van der Waals surface area contributed by atoms with Crippen LogP contribution in [-0.4, -0.2) is 45.7 Å². The molecule has 1 spiro atoms. The van der Waals surface area contributed by atoms with Crippen LogP contribution in [0.1, 0.15) is 46.0 Å². The van der Waals surface area contributed by atoms with Crippen molar-refractivity contribution in [2.45, 2.75) is 58.2 Å². The van der Waals surface area contributed by atoms with Gasteiger partial charge in [-0.25, -0.2) is 0 Å². The molecular formula is C20H28O5. The van der Waals surface area contributed by atoms with E-state index in [4.69, 9.17) is 0 Å². The van der Waals surface area contributed by atoms with Crippen LogP contribution < -0.4 is 0 Å². The van der Waals surface area contributed by atoms with Crippen molar-refractivity contribution in [1.29, 1.82) is 0 Å². The highest BCUT2D eigenvalue weighted by atomic mass is 16.3. The summed E-state index contributed by atoms with van der Waals surface area (Å²) in [6, 6.07) is 0. The lowest BCUT2D eigenvalue weighted by atomic mass is 9.39. The molecule has 7 atom stereocenters. The standard InChI is InChI=1S/C20H28O5/c1-10-11-4-5-12-19(8-11,16(10)24)17(25)14(23)15-18(2,3)7-6-13(22)20(12,15)9-21/h11-13,15,17,21-22,25H,1,4-9H2,2-3H3/t11-,12-,13-,15-,17-,19+,20-/m1/s1. The van der Waals surface area contributed by atoms with Crippen molar-refractivity contribution < 1.29 is 24.9 Å². The average Bonchev–Trinajstić information content (AvgIpc) is 2.77. The Morgan fingerprint density at radius 1 is 1.16 bits per heavy atom. The first-order valence-corrected chi connectivity index (χ1v) is 9.39. The maximum Gasteiger partial charge on any atom is 0.168 e. The fraction of sp³-hybridized carbons (Fsp3) is 0.800. The summed E-state index contributed by atoms with van der Waals surface area (Å²) >= 11 is 0. The second kappa shape index (κ2) is 5.02. The number of hydrogen-bond acceptors (Lipinski definition) is 5. The maximum atomic E-state index is 13.3. The molecule has 2 bridgehead atoms. The van der Waals surface area contributed by atoms with Crippen LogP contribution in [0.5, 0.6) is 0 Å². The number of carbonyl (C=O) groups excluding carboxylic acids is 2. The molecular weight excluding hydrogens is 320 g/mol. The summed E-state index contributed by atoms with van der Waals surface area (Å²) in [6.07, 6.45) is 0.766. The van der Waals surface area contributed by atoms with Gasteiger partial charge in [-0.2, -0.15) is 0 Å². The van der Waals surface area contributed by atoms with Gasteiger partial charge in [-0.15, -0.1) is 0 Å². The lowest BCUT2D eigenvalue weighted by molar-refractivity contribution is -0.236. The number of carbonyl (C=O) groups is 2. The molecule has 0 aliphatic heterocycles. The highest BCUT2D eigenvalue weighted by molar-refractivity contribution is 6.08. The molecule has 138 valence electrons. The zero-order valence-electron chi connectivity index (χ0n) is 15.0. The molecule has 25 heavy (non-hydrogen) atoms. The van der Waals surface area contributed by atoms with E-state index >= 15 is 0 Å². The topological polar surface area (TPSA) is 94.8 Å². The van der Waals surface area contributed by atoms with Crippen LogP contribution in [0, 0.1) is 34.0 Å². The largest absolute Gasteiger partial charge is 0.396 e. The summed E-state index contributed by atoms with van der Waals surface area (Å²) < 4.78 is 0. The second-order valence-electron chi connectivity index (χ2n) is 9.48. The summed E-state index contributed by atoms with van der Waals surface area (Å²) in [5.41, 5.74) is -2.18. The summed E-state index contributed by atoms with van der Waals surface area (Å²) in [4.78, 5) is 26.4. The number of allylic oxidation sites excluding steroid dienone is 1. The molecule has 0 saturated heterocycles. The first-order chi connectivity index (χ1) is 11.6. The number of aliphatic hydroxyl groups is 3. The smallest absolute Gasteiger partial charge is 0.168 e. The van der Waals surface area contributed by atoms with E-state index in [0.29, 0.717) is 31.3 Å². The maximum absolute atomic E-state index is 13.3. The SMILES string of the molecule is C=C1C(=O)[C@]23C[C@H]1CC[C@H]2[C@]1(CO)[C@H](O)CCC(C)(C)[C@H]1C(=O)[C@H]3O. The average molecular weight is 348 g/mol. The summed E-state index contributed by atoms with van der Waals surface area (Å²) in [5, 5.41) is 32.5. The van der Waals surface area contributed by atoms with E-state index in [1.54, 1.807) is 0 Å². The Bertz CT molecular complexity index is 667. The van der Waals surface area contributed by atoms with Crippen molar-refractivity contribution in [2.75, 3.05) is 6.61 Å². The molecule has 0 unspecified atom stereocenters. The molecule has 0 radical (unpaired) electrons. The number of hydrogen-bond donors (Lipinski definition) is 3. The Hall–Kier alpha value is -1.04. The van der Waals surface area contributed by atoms with Crippen LogP contribution in [0.15, 0.2) is 12.2 Å². The van der Waals surface area contributed by atoms with Crippen molar-refractivity contribution in [1.82, 2.24) is 0 Å². The molecule has 0 amide bonds. The molecule has 3 N–H and O–H groups in total. The third kappa shape index (κ3) is 1.75. The van der Waals surface area contributed by atoms with Crippen molar-refractivity contribution in [3.63, 3.8) is 0 Å². The van der Waals surface area contributed by atoms with Crippen molar-refractivity contribution in [3.8, 4) is 0 Å². The Labute approximate surface area is 148 Å². The van der Waals surface area contributed by atoms with Crippen molar-refractivity contribution >= 4 is 11.6 Å². The van der Waals surface area contributed by atoms with Gasteiger partial charge in [0.2, 0.25) is 0 Å². The lowest BCUT2D eigenvalue weighted by Crippen LogP contribution is -2.72. The monoisotopic (exact) mass is 348 g/mol. The summed E-state index contributed by atoms with van der Waals surface area (Å²) in [5.74, 6) is -1.62. The van der Waals surface area contributed by atoms with Crippen LogP contribution >= 0.6 is 0 Å². The molecule has 0 aromatic carbocycles. The predicted octanol–water partition coefficient (Wildman–Crippen LogP) is 1.25. The van der Waals surface area contributed by atoms with E-state index in [-0.39, 0.29) is 30.0 Å². The van der Waals surface area contributed by atoms with Gasteiger partial charge in [-0.05, 0) is 54.9 Å². The molecule has 5 heteroatoms. The predicted molar refractivity (Wildman–Crippen MR) is 90.5 cm³/mol. The number of fused-ring (bicyclic) bond motifs is 3. The number of aliphatic hydroxyl groups excluding tert-OH is 3. The molecule has 0 aromatic heterocycles. The van der Waals surface area contributed by atoms with Crippen LogP contribution in [0.2, 0.25) is 0 Å². The normalized spacial score (nSPS) is 51.2. The first kappa shape index (κ1) is 17.4. The molecule has 4 rings (SSSR count). The van der Waals surface area contributed by atoms with Crippen LogP contribution in [-0.2, 0) is 9.59 Å². The molecule has 4 fully saturated rings. The molecule has 4 saturated carbocycles. The van der Waals surface area contributed by atoms with E-state index in [9.17, 15) is 24.9 Å². The van der Waals surface area contributed by atoms with Gasteiger partial charge in [0.25, 0.3) is 0 Å². The highest BCUT2D eigenvalue weighted by Gasteiger charge is 2.75. The van der Waals surface area contributed by atoms with Gasteiger partial charge >= 0.3 is 0 Å². The van der Waals surface area contributed by atoms with Gasteiger partial charge in [-0.1, -0.05) is 20.4 Å². The van der Waals surface area contributed by atoms with Crippen LogP contribution in [0.3, 0.4) is 0 Å². The minimum absolute atomic E-state index is 0.00670. The van der Waals surface area contributed by atoms with Gasteiger partial charge in [0.1, 0.15) is 6.10 Å². The number of ketones is 2. The van der Waals surface area contributed by atoms with Crippen molar-refractivity contribution in [3.05, 3.63) is 12.2 Å². The number of rotatable bonds is 1. The Balaban J connectivity index is 1.97. The third-order valence-electron chi connectivity index (χ3n) is 8.18. The Morgan fingerprint density at radius 2 is 1.84 bits per heavy atom. The fourth-order valence-corrected chi connectivity index (χ4v) is 7.13. The second-order valence-corrected chi connectivity index (χ2v) is 9.48. The third-order valence-corrected chi connectivity index (χ3v) is 8.18. The molecule has 0 aromatic rings. The summed E-state index contributed by atoms with van der Waals surface area (Å²) in [7, 11) is 0. The minimum Gasteiger partial charge on any atom is -0.396 e. The molecule has 4 aliphatic carbocycles. The van der Waals surface area contributed by atoms with E-state index < -0.39 is 34.4 Å². The number of Topliss-reactive ketones (excluding diaryl/α,β-unsaturated/α-hetero) is 2. The van der Waals surface area contributed by atoms with Gasteiger partial charge in [0.15, 0.2) is 11.6 Å². The lowest BCUT2D eigenvalue weighted by Gasteiger charge is -2.65. The van der Waals surface area contributed by atoms with Gasteiger partial charge in [-0.3, -0.25) is 9.59 Å². The van der Waals surface area contributed by atoms with E-state index in [1.165, 1.54) is 0 Å². The molecule has 4 aliphatic rings. The quantitative estimate of drug-likeness (QED) is 0.620. The Kier molecular flexibility index (Phi) is 3.49. The zero-order valence-corrected chi connectivity index (χ0v) is 15.0. The van der Waals surface area contributed by atoms with Crippen LogP contribution in [0.4, 0.5) is 0 Å². The highest BCUT2D eigenvalue weighted by Crippen LogP contribution is 2.70. The molecule has 0 heterocycles. The minimum atomic E-state index is -1.36. The fourth-order valence-electron chi connectivity index (χ4n) is 7.13. The van der Waals surface area contributed by atoms with Gasteiger partial charge in [0.05, 0.1) is 18.1 Å². The van der Waals surface area contributed by atoms with Gasteiger partial charge in [0, 0.05) is 11.3 Å². The van der Waals surface area contributed by atoms with E-state index in [2.05, 4.69) is 6.58 Å². The van der Waals surface area contributed by atoms with Gasteiger partial charge < -0.3 is 15.3 Å². The van der Waals surface area contributed by atoms with Crippen LogP contribution in [0.25, 0.3) is 0 Å². The summed E-state index contributed by atoms with van der Waals surface area (Å²) in [6.45, 7) is 7.53. The van der Waals surface area contributed by atoms with Crippen molar-refractivity contribution in [2.24, 2.45) is 34.0 Å². The Morgan fingerprint density at radius 3 is 2.48 bits per heavy atom. The first-order valence-electron chi connectivity index (χ1n) is 9.39. The van der Waals surface area contributed by atoms with E-state index in [1.807, 2.05) is 13.8 Å².